The van der Waals surface area contributed by atoms with Gasteiger partial charge in [0.25, 0.3) is 0 Å². The summed E-state index contributed by atoms with van der Waals surface area (Å²) in [6, 6.07) is 79.0. The van der Waals surface area contributed by atoms with Crippen LogP contribution in [0, 0.1) is 5.82 Å². The maximum atomic E-state index is 14.9. The molecule has 0 aliphatic rings. The summed E-state index contributed by atoms with van der Waals surface area (Å²) in [5.41, 5.74) is 13.1. The van der Waals surface area contributed by atoms with Crippen LogP contribution >= 0.6 is 11.3 Å². The fourth-order valence-corrected chi connectivity index (χ4v) is 10.7. The van der Waals surface area contributed by atoms with Gasteiger partial charge in [-0.05, 0) is 117 Å². The summed E-state index contributed by atoms with van der Waals surface area (Å²) >= 11 is 1.85. The molecule has 0 bridgehead atoms. The zero-order valence-electron chi connectivity index (χ0n) is 33.5. The average Bonchev–Trinajstić information content (AvgIpc) is 3.88. The largest absolute Gasteiger partial charge is 0.310 e. The summed E-state index contributed by atoms with van der Waals surface area (Å²) in [7, 11) is 0. The minimum absolute atomic E-state index is 0.257. The van der Waals surface area contributed by atoms with Gasteiger partial charge < -0.3 is 9.47 Å². The molecule has 0 radical (unpaired) electrons. The Hall–Kier alpha value is -7.79. The normalized spacial score (nSPS) is 11.6. The topological polar surface area (TPSA) is 8.17 Å². The van der Waals surface area contributed by atoms with Crippen LogP contribution in [0.25, 0.3) is 91.8 Å². The van der Waals surface area contributed by atoms with Gasteiger partial charge in [-0.3, -0.25) is 0 Å². The number of aromatic nitrogens is 1. The standard InChI is InChI=1S/C58H37FN2S/c59-42-30-35-51-50-18-4-6-24-54(50)61(55(51)36-42)46-17-10-16-45(37-46)60(44-33-28-40(29-34-44)49-22-11-23-53-52-19-5-7-25-56(52)62-58(49)53)43-31-26-39(27-32-43)48-21-9-15-41-14-8-20-47(57(41)48)38-12-2-1-3-13-38/h1-37H. The van der Waals surface area contributed by atoms with E-state index in [1.807, 2.05) is 29.5 Å². The Kier molecular flexibility index (Phi) is 8.58. The second kappa shape index (κ2) is 14.7. The summed E-state index contributed by atoms with van der Waals surface area (Å²) in [6.45, 7) is 0. The van der Waals surface area contributed by atoms with Gasteiger partial charge in [-0.15, -0.1) is 11.3 Å². The van der Waals surface area contributed by atoms with Crippen LogP contribution < -0.4 is 4.90 Å². The second-order valence-electron chi connectivity index (χ2n) is 15.8. The third-order valence-electron chi connectivity index (χ3n) is 12.2. The van der Waals surface area contributed by atoms with Crippen LogP contribution in [0.4, 0.5) is 21.5 Å². The van der Waals surface area contributed by atoms with Gasteiger partial charge in [-0.2, -0.15) is 0 Å². The highest BCUT2D eigenvalue weighted by Gasteiger charge is 2.19. The Morgan fingerprint density at radius 1 is 0.387 bits per heavy atom. The number of halogens is 1. The molecule has 62 heavy (non-hydrogen) atoms. The van der Waals surface area contributed by atoms with Gasteiger partial charge in [0.2, 0.25) is 0 Å². The first-order chi connectivity index (χ1) is 30.7. The molecule has 0 amide bonds. The van der Waals surface area contributed by atoms with Gasteiger partial charge in [0.1, 0.15) is 5.82 Å². The van der Waals surface area contributed by atoms with Crippen molar-refractivity contribution >= 4 is 81.1 Å². The first-order valence-electron chi connectivity index (χ1n) is 20.9. The van der Waals surface area contributed by atoms with Crippen molar-refractivity contribution in [2.45, 2.75) is 0 Å². The third kappa shape index (κ3) is 5.99. The summed E-state index contributed by atoms with van der Waals surface area (Å²) in [4.78, 5) is 2.32. The van der Waals surface area contributed by atoms with E-state index in [1.54, 1.807) is 12.1 Å². The van der Waals surface area contributed by atoms with Crippen LogP contribution in [0.3, 0.4) is 0 Å². The van der Waals surface area contributed by atoms with Crippen LogP contribution in [0.1, 0.15) is 0 Å². The van der Waals surface area contributed by atoms with E-state index in [4.69, 9.17) is 0 Å². The molecule has 4 heteroatoms. The summed E-state index contributed by atoms with van der Waals surface area (Å²) < 4.78 is 19.7. The fourth-order valence-electron chi connectivity index (χ4n) is 9.43. The number of hydrogen-bond donors (Lipinski definition) is 0. The number of hydrogen-bond acceptors (Lipinski definition) is 2. The van der Waals surface area contributed by atoms with Gasteiger partial charge in [-0.25, -0.2) is 4.39 Å². The summed E-state index contributed by atoms with van der Waals surface area (Å²) in [6.07, 6.45) is 0. The Morgan fingerprint density at radius 2 is 0.968 bits per heavy atom. The van der Waals surface area contributed by atoms with Gasteiger partial charge in [0, 0.05) is 53.7 Å². The predicted molar refractivity (Wildman–Crippen MR) is 262 cm³/mol. The highest BCUT2D eigenvalue weighted by Crippen LogP contribution is 2.43. The molecule has 0 aliphatic heterocycles. The molecule has 0 spiro atoms. The number of para-hydroxylation sites is 1. The Balaban J connectivity index is 1.01. The van der Waals surface area contributed by atoms with E-state index in [0.717, 1.165) is 50.1 Å². The Morgan fingerprint density at radius 3 is 1.73 bits per heavy atom. The van der Waals surface area contributed by atoms with E-state index in [1.165, 1.54) is 58.8 Å². The zero-order chi connectivity index (χ0) is 41.1. The monoisotopic (exact) mass is 812 g/mol. The van der Waals surface area contributed by atoms with Gasteiger partial charge in [-0.1, -0.05) is 152 Å². The first-order valence-corrected chi connectivity index (χ1v) is 21.8. The van der Waals surface area contributed by atoms with E-state index in [0.29, 0.717) is 0 Å². The zero-order valence-corrected chi connectivity index (χ0v) is 34.4. The molecule has 0 fully saturated rings. The van der Waals surface area contributed by atoms with Crippen LogP contribution in [0.2, 0.25) is 0 Å². The molecule has 292 valence electrons. The Labute approximate surface area is 362 Å². The number of nitrogens with zero attached hydrogens (tertiary/aromatic N) is 2. The number of fused-ring (bicyclic) bond motifs is 7. The summed E-state index contributed by atoms with van der Waals surface area (Å²) in [5, 5.41) is 7.15. The lowest BCUT2D eigenvalue weighted by Crippen LogP contribution is -2.10. The molecule has 0 N–H and O–H groups in total. The SMILES string of the molecule is Fc1ccc2c3ccccc3n(-c3cccc(N(c4ccc(-c5cccc6c5sc5ccccc56)cc4)c4ccc(-c5cccc6cccc(-c7ccccc7)c56)cc4)c3)c2c1. The Bertz CT molecular complexity index is 3630. The lowest BCUT2D eigenvalue weighted by atomic mass is 9.91. The lowest BCUT2D eigenvalue weighted by molar-refractivity contribution is 0.629. The van der Waals surface area contributed by atoms with Gasteiger partial charge in [0.15, 0.2) is 0 Å². The first kappa shape index (κ1) is 36.1. The number of benzene rings is 10. The van der Waals surface area contributed by atoms with E-state index in [9.17, 15) is 4.39 Å². The highest BCUT2D eigenvalue weighted by molar-refractivity contribution is 7.26. The number of thiophene rings is 1. The van der Waals surface area contributed by atoms with Crippen LogP contribution in [0.15, 0.2) is 224 Å². The molecule has 10 aromatic carbocycles. The van der Waals surface area contributed by atoms with Crippen LogP contribution in [-0.4, -0.2) is 4.57 Å². The fraction of sp³-hybridized carbons (Fsp3) is 0. The van der Waals surface area contributed by atoms with Gasteiger partial charge in [0.05, 0.1) is 11.0 Å². The maximum Gasteiger partial charge on any atom is 0.125 e. The molecule has 0 unspecified atom stereocenters. The molecule has 0 aliphatic carbocycles. The molecule has 12 rings (SSSR count). The molecular formula is C58H37FN2S. The van der Waals surface area contributed by atoms with E-state index >= 15 is 0 Å². The number of rotatable bonds is 7. The molecule has 2 nitrogen and oxygen atoms in total. The minimum atomic E-state index is -0.257. The molecule has 2 heterocycles. The predicted octanol–water partition coefficient (Wildman–Crippen LogP) is 16.9. The molecule has 0 saturated heterocycles. The van der Waals surface area contributed by atoms with E-state index in [-0.39, 0.29) is 5.82 Å². The van der Waals surface area contributed by atoms with Crippen molar-refractivity contribution in [2.75, 3.05) is 4.90 Å². The van der Waals surface area contributed by atoms with Crippen molar-refractivity contribution in [1.29, 1.82) is 0 Å². The quantitative estimate of drug-likeness (QED) is 0.156. The molecular weight excluding hydrogens is 776 g/mol. The third-order valence-corrected chi connectivity index (χ3v) is 13.5. The molecule has 12 aromatic rings. The average molecular weight is 813 g/mol. The maximum absolute atomic E-state index is 14.9. The van der Waals surface area contributed by atoms with Gasteiger partial charge >= 0.3 is 0 Å². The van der Waals surface area contributed by atoms with Crippen molar-refractivity contribution in [1.82, 2.24) is 4.57 Å². The van der Waals surface area contributed by atoms with Crippen molar-refractivity contribution < 1.29 is 4.39 Å². The number of anilines is 3. The minimum Gasteiger partial charge on any atom is -0.310 e. The van der Waals surface area contributed by atoms with Crippen molar-refractivity contribution in [2.24, 2.45) is 0 Å². The highest BCUT2D eigenvalue weighted by atomic mass is 32.1. The molecule has 0 saturated carbocycles. The van der Waals surface area contributed by atoms with Crippen LogP contribution in [0.5, 0.6) is 0 Å². The van der Waals surface area contributed by atoms with Crippen LogP contribution in [-0.2, 0) is 0 Å². The molecule has 0 atom stereocenters. The molecule has 2 aromatic heterocycles. The van der Waals surface area contributed by atoms with E-state index in [2.05, 4.69) is 204 Å². The lowest BCUT2D eigenvalue weighted by Gasteiger charge is -2.27. The van der Waals surface area contributed by atoms with Crippen molar-refractivity contribution in [3.05, 3.63) is 230 Å². The van der Waals surface area contributed by atoms with Crippen molar-refractivity contribution in [3.8, 4) is 39.1 Å². The summed E-state index contributed by atoms with van der Waals surface area (Å²) in [5.74, 6) is -0.257. The van der Waals surface area contributed by atoms with Crippen molar-refractivity contribution in [3.63, 3.8) is 0 Å². The second-order valence-corrected chi connectivity index (χ2v) is 16.9. The smallest absolute Gasteiger partial charge is 0.125 e. The van der Waals surface area contributed by atoms with E-state index < -0.39 is 0 Å².